The van der Waals surface area contributed by atoms with E-state index in [0.717, 1.165) is 12.2 Å². The molecule has 0 radical (unpaired) electrons. The van der Waals surface area contributed by atoms with Crippen molar-refractivity contribution in [2.45, 2.75) is 51.6 Å². The number of nitrogens with one attached hydrogen (secondary N) is 1. The van der Waals surface area contributed by atoms with Crippen LogP contribution in [0.3, 0.4) is 0 Å². The summed E-state index contributed by atoms with van der Waals surface area (Å²) in [7, 11) is 1.98. The van der Waals surface area contributed by atoms with E-state index in [0.29, 0.717) is 11.5 Å². The first-order valence-corrected chi connectivity index (χ1v) is 7.79. The maximum Gasteiger partial charge on any atom is 0.0638 e. The van der Waals surface area contributed by atoms with Crippen molar-refractivity contribution < 1.29 is 0 Å². The molecule has 0 saturated heterocycles. The number of hydrogen-bond donors (Lipinski definition) is 1. The van der Waals surface area contributed by atoms with E-state index in [2.05, 4.69) is 61.6 Å². The summed E-state index contributed by atoms with van der Waals surface area (Å²) in [4.78, 5) is 0. The zero-order valence-corrected chi connectivity index (χ0v) is 13.5. The molecule has 1 heterocycles. The highest BCUT2D eigenvalue weighted by molar-refractivity contribution is 5.38. The molecule has 1 N–H and O–H groups in total. The molecule has 1 atom stereocenters. The second-order valence-corrected chi connectivity index (χ2v) is 6.86. The Kier molecular flexibility index (Phi) is 3.62. The Bertz CT molecular complexity index is 640. The molecule has 1 aromatic heterocycles. The van der Waals surface area contributed by atoms with Crippen LogP contribution in [0.2, 0.25) is 0 Å². The minimum Gasteiger partial charge on any atom is -0.306 e. The number of nitrogens with zero attached hydrogens (tertiary/aromatic N) is 2. The standard InChI is InChI=1S/C18H25N3/c1-13-14(12-21(4)20-13)11-19-17-9-10-18(2,3)16-8-6-5-7-15(16)17/h5-8,12,17,19H,9-11H2,1-4H3. The first kappa shape index (κ1) is 14.3. The van der Waals surface area contributed by atoms with Gasteiger partial charge in [-0.05, 0) is 36.3 Å². The molecular formula is C18H25N3. The van der Waals surface area contributed by atoms with Gasteiger partial charge in [0.25, 0.3) is 0 Å². The predicted octanol–water partition coefficient (Wildman–Crippen LogP) is 3.63. The summed E-state index contributed by atoms with van der Waals surface area (Å²) >= 11 is 0. The second-order valence-electron chi connectivity index (χ2n) is 6.86. The van der Waals surface area contributed by atoms with E-state index >= 15 is 0 Å². The van der Waals surface area contributed by atoms with Crippen LogP contribution < -0.4 is 5.32 Å². The lowest BCUT2D eigenvalue weighted by atomic mass is 9.71. The van der Waals surface area contributed by atoms with Crippen LogP contribution in [0.1, 0.15) is 55.1 Å². The summed E-state index contributed by atoms with van der Waals surface area (Å²) in [5, 5.41) is 8.15. The van der Waals surface area contributed by atoms with Crippen molar-refractivity contribution in [2.24, 2.45) is 7.05 Å². The molecule has 0 fully saturated rings. The molecule has 0 spiro atoms. The topological polar surface area (TPSA) is 29.9 Å². The summed E-state index contributed by atoms with van der Waals surface area (Å²) in [6, 6.07) is 9.34. The lowest BCUT2D eigenvalue weighted by Gasteiger charge is -2.37. The van der Waals surface area contributed by atoms with Gasteiger partial charge in [-0.1, -0.05) is 38.1 Å². The Labute approximate surface area is 127 Å². The number of rotatable bonds is 3. The van der Waals surface area contributed by atoms with Crippen molar-refractivity contribution in [3.05, 3.63) is 52.8 Å². The normalized spacial score (nSPS) is 20.3. The van der Waals surface area contributed by atoms with Crippen LogP contribution in [-0.2, 0) is 19.0 Å². The zero-order chi connectivity index (χ0) is 15.0. The maximum atomic E-state index is 4.42. The molecule has 112 valence electrons. The lowest BCUT2D eigenvalue weighted by molar-refractivity contribution is 0.357. The zero-order valence-electron chi connectivity index (χ0n) is 13.5. The van der Waals surface area contributed by atoms with Gasteiger partial charge < -0.3 is 5.32 Å². The van der Waals surface area contributed by atoms with Gasteiger partial charge in [-0.2, -0.15) is 5.10 Å². The third-order valence-corrected chi connectivity index (χ3v) is 4.78. The average molecular weight is 283 g/mol. The van der Waals surface area contributed by atoms with Crippen molar-refractivity contribution in [1.29, 1.82) is 0 Å². The van der Waals surface area contributed by atoms with Crippen molar-refractivity contribution in [3.8, 4) is 0 Å². The van der Waals surface area contributed by atoms with E-state index in [1.54, 1.807) is 0 Å². The van der Waals surface area contributed by atoms with E-state index in [1.807, 2.05) is 11.7 Å². The molecular weight excluding hydrogens is 258 g/mol. The SMILES string of the molecule is Cc1nn(C)cc1CNC1CCC(C)(C)c2ccccc21. The maximum absolute atomic E-state index is 4.42. The summed E-state index contributed by atoms with van der Waals surface area (Å²) in [6.45, 7) is 7.68. The number of benzene rings is 1. The van der Waals surface area contributed by atoms with Gasteiger partial charge in [-0.15, -0.1) is 0 Å². The summed E-state index contributed by atoms with van der Waals surface area (Å²) in [5.41, 5.74) is 5.67. The van der Waals surface area contributed by atoms with Gasteiger partial charge >= 0.3 is 0 Å². The Morgan fingerprint density at radius 3 is 2.81 bits per heavy atom. The molecule has 1 aliphatic carbocycles. The fraction of sp³-hybridized carbons (Fsp3) is 0.500. The molecule has 0 amide bonds. The summed E-state index contributed by atoms with van der Waals surface area (Å²) < 4.78 is 1.89. The lowest BCUT2D eigenvalue weighted by Crippen LogP contribution is -2.32. The highest BCUT2D eigenvalue weighted by Crippen LogP contribution is 2.41. The van der Waals surface area contributed by atoms with Crippen LogP contribution in [0.15, 0.2) is 30.5 Å². The quantitative estimate of drug-likeness (QED) is 0.932. The van der Waals surface area contributed by atoms with Gasteiger partial charge in [-0.3, -0.25) is 4.68 Å². The molecule has 1 unspecified atom stereocenters. The fourth-order valence-corrected chi connectivity index (χ4v) is 3.48. The van der Waals surface area contributed by atoms with Crippen molar-refractivity contribution in [2.75, 3.05) is 0 Å². The van der Waals surface area contributed by atoms with Gasteiger partial charge in [-0.25, -0.2) is 0 Å². The van der Waals surface area contributed by atoms with E-state index in [9.17, 15) is 0 Å². The first-order valence-electron chi connectivity index (χ1n) is 7.79. The number of aryl methyl sites for hydroxylation is 2. The molecule has 0 aliphatic heterocycles. The highest BCUT2D eigenvalue weighted by atomic mass is 15.2. The highest BCUT2D eigenvalue weighted by Gasteiger charge is 2.31. The molecule has 2 aromatic rings. The number of aromatic nitrogens is 2. The van der Waals surface area contributed by atoms with Gasteiger partial charge in [0.2, 0.25) is 0 Å². The Morgan fingerprint density at radius 1 is 1.33 bits per heavy atom. The van der Waals surface area contributed by atoms with Crippen LogP contribution in [0.4, 0.5) is 0 Å². The van der Waals surface area contributed by atoms with Gasteiger partial charge in [0.15, 0.2) is 0 Å². The minimum atomic E-state index is 0.291. The van der Waals surface area contributed by atoms with Gasteiger partial charge in [0.1, 0.15) is 0 Å². The molecule has 1 aliphatic rings. The number of hydrogen-bond acceptors (Lipinski definition) is 2. The molecule has 3 nitrogen and oxygen atoms in total. The van der Waals surface area contributed by atoms with E-state index in [-0.39, 0.29) is 0 Å². The molecule has 0 saturated carbocycles. The van der Waals surface area contributed by atoms with Crippen LogP contribution in [-0.4, -0.2) is 9.78 Å². The number of fused-ring (bicyclic) bond motifs is 1. The van der Waals surface area contributed by atoms with E-state index in [1.165, 1.54) is 29.5 Å². The smallest absolute Gasteiger partial charge is 0.0638 e. The largest absolute Gasteiger partial charge is 0.306 e. The van der Waals surface area contributed by atoms with Crippen molar-refractivity contribution in [3.63, 3.8) is 0 Å². The molecule has 3 heteroatoms. The van der Waals surface area contributed by atoms with E-state index in [4.69, 9.17) is 0 Å². The van der Waals surface area contributed by atoms with Crippen LogP contribution in [0.5, 0.6) is 0 Å². The van der Waals surface area contributed by atoms with Gasteiger partial charge in [0, 0.05) is 31.4 Å². The second kappa shape index (κ2) is 5.30. The van der Waals surface area contributed by atoms with Crippen molar-refractivity contribution in [1.82, 2.24) is 15.1 Å². The molecule has 1 aromatic carbocycles. The Hall–Kier alpha value is -1.61. The third kappa shape index (κ3) is 2.75. The summed E-state index contributed by atoms with van der Waals surface area (Å²) in [6.07, 6.45) is 4.54. The van der Waals surface area contributed by atoms with Crippen LogP contribution >= 0.6 is 0 Å². The van der Waals surface area contributed by atoms with Crippen LogP contribution in [0.25, 0.3) is 0 Å². The fourth-order valence-electron chi connectivity index (χ4n) is 3.48. The Morgan fingerprint density at radius 2 is 2.10 bits per heavy atom. The minimum absolute atomic E-state index is 0.291. The molecule has 3 rings (SSSR count). The average Bonchev–Trinajstić information content (AvgIpc) is 2.76. The predicted molar refractivity (Wildman–Crippen MR) is 86.2 cm³/mol. The summed E-state index contributed by atoms with van der Waals surface area (Å²) in [5.74, 6) is 0. The molecule has 21 heavy (non-hydrogen) atoms. The Balaban J connectivity index is 1.79. The van der Waals surface area contributed by atoms with Gasteiger partial charge in [0.05, 0.1) is 5.69 Å². The first-order chi connectivity index (χ1) is 9.97. The van der Waals surface area contributed by atoms with Crippen molar-refractivity contribution >= 4 is 0 Å². The van der Waals surface area contributed by atoms with E-state index < -0.39 is 0 Å². The van der Waals surface area contributed by atoms with Crippen LogP contribution in [0, 0.1) is 6.92 Å². The molecule has 0 bridgehead atoms. The monoisotopic (exact) mass is 283 g/mol. The third-order valence-electron chi connectivity index (χ3n) is 4.78.